The van der Waals surface area contributed by atoms with Crippen LogP contribution in [0.15, 0.2) is 0 Å². The normalized spacial score (nSPS) is 22.6. The standard InChI is InChI=1S/C14H25N3O2.ClH/c1-2-5-13(18)17-7-4-3-6-12(17)14(19)16-10-11-8-15-9-11;/h11-12,15H,2-10H2,1H3,(H,16,19);1H. The molecule has 1 unspecified atom stereocenters. The van der Waals surface area contributed by atoms with Crippen LogP contribution in [0.5, 0.6) is 0 Å². The molecule has 2 heterocycles. The first-order chi connectivity index (χ1) is 9.22. The molecule has 0 radical (unpaired) electrons. The van der Waals surface area contributed by atoms with Crippen LogP contribution in [-0.4, -0.2) is 48.9 Å². The third-order valence-electron chi connectivity index (χ3n) is 4.02. The molecule has 2 rings (SSSR count). The lowest BCUT2D eigenvalue weighted by Crippen LogP contribution is -2.54. The van der Waals surface area contributed by atoms with Gasteiger partial charge in [-0.1, -0.05) is 6.92 Å². The molecule has 0 aliphatic carbocycles. The van der Waals surface area contributed by atoms with Crippen LogP contribution in [0, 0.1) is 5.92 Å². The summed E-state index contributed by atoms with van der Waals surface area (Å²) in [4.78, 5) is 26.1. The number of rotatable bonds is 5. The molecule has 0 bridgehead atoms. The Hall–Kier alpha value is -0.810. The number of nitrogens with one attached hydrogen (secondary N) is 2. The highest BCUT2D eigenvalue weighted by Gasteiger charge is 2.31. The van der Waals surface area contributed by atoms with E-state index in [4.69, 9.17) is 0 Å². The number of carbonyl (C=O) groups excluding carboxylic acids is 2. The van der Waals surface area contributed by atoms with Crippen LogP contribution >= 0.6 is 12.4 Å². The maximum absolute atomic E-state index is 12.2. The van der Waals surface area contributed by atoms with Crippen LogP contribution in [0.3, 0.4) is 0 Å². The zero-order valence-corrected chi connectivity index (χ0v) is 13.0. The van der Waals surface area contributed by atoms with E-state index in [1.165, 1.54) is 0 Å². The molecular formula is C14H26ClN3O2. The van der Waals surface area contributed by atoms with Gasteiger partial charge in [0.2, 0.25) is 11.8 Å². The van der Waals surface area contributed by atoms with Gasteiger partial charge < -0.3 is 15.5 Å². The SMILES string of the molecule is CCCC(=O)N1CCCCC1C(=O)NCC1CNC1.Cl. The molecule has 1 atom stereocenters. The van der Waals surface area contributed by atoms with Crippen molar-refractivity contribution in [2.75, 3.05) is 26.2 Å². The molecule has 2 N–H and O–H groups in total. The summed E-state index contributed by atoms with van der Waals surface area (Å²) in [5, 5.41) is 6.20. The molecule has 5 nitrogen and oxygen atoms in total. The van der Waals surface area contributed by atoms with E-state index in [0.29, 0.717) is 12.3 Å². The van der Waals surface area contributed by atoms with E-state index in [1.807, 2.05) is 6.92 Å². The van der Waals surface area contributed by atoms with Gasteiger partial charge in [-0.2, -0.15) is 0 Å². The Balaban J connectivity index is 0.00000200. The monoisotopic (exact) mass is 303 g/mol. The summed E-state index contributed by atoms with van der Waals surface area (Å²) in [6, 6.07) is -0.235. The van der Waals surface area contributed by atoms with Crippen molar-refractivity contribution in [3.8, 4) is 0 Å². The second-order valence-electron chi connectivity index (χ2n) is 5.62. The minimum absolute atomic E-state index is 0. The van der Waals surface area contributed by atoms with Gasteiger partial charge in [0.1, 0.15) is 6.04 Å². The van der Waals surface area contributed by atoms with Gasteiger partial charge in [-0.05, 0) is 25.7 Å². The van der Waals surface area contributed by atoms with Crippen molar-refractivity contribution in [2.45, 2.75) is 45.1 Å². The molecule has 2 fully saturated rings. The summed E-state index contributed by atoms with van der Waals surface area (Å²) in [6.45, 7) is 5.45. The second-order valence-corrected chi connectivity index (χ2v) is 5.62. The third-order valence-corrected chi connectivity index (χ3v) is 4.02. The van der Waals surface area contributed by atoms with Gasteiger partial charge in [-0.15, -0.1) is 12.4 Å². The maximum Gasteiger partial charge on any atom is 0.242 e. The van der Waals surface area contributed by atoms with Crippen LogP contribution in [0.1, 0.15) is 39.0 Å². The van der Waals surface area contributed by atoms with Crippen LogP contribution in [-0.2, 0) is 9.59 Å². The summed E-state index contributed by atoms with van der Waals surface area (Å²) >= 11 is 0. The van der Waals surface area contributed by atoms with E-state index in [0.717, 1.165) is 51.9 Å². The van der Waals surface area contributed by atoms with Crippen molar-refractivity contribution in [1.82, 2.24) is 15.5 Å². The number of hydrogen-bond acceptors (Lipinski definition) is 3. The molecule has 0 aromatic carbocycles. The molecule has 0 aromatic rings. The van der Waals surface area contributed by atoms with Gasteiger partial charge in [0.05, 0.1) is 0 Å². The first kappa shape index (κ1) is 17.2. The Morgan fingerprint density at radius 2 is 2.05 bits per heavy atom. The van der Waals surface area contributed by atoms with Crippen molar-refractivity contribution >= 4 is 24.2 Å². The summed E-state index contributed by atoms with van der Waals surface area (Å²) in [7, 11) is 0. The van der Waals surface area contributed by atoms with Crippen molar-refractivity contribution in [3.63, 3.8) is 0 Å². The lowest BCUT2D eigenvalue weighted by molar-refractivity contribution is -0.142. The molecule has 0 aromatic heterocycles. The minimum Gasteiger partial charge on any atom is -0.354 e. The number of likely N-dealkylation sites (tertiary alicyclic amines) is 1. The zero-order valence-electron chi connectivity index (χ0n) is 12.2. The molecular weight excluding hydrogens is 278 g/mol. The minimum atomic E-state index is -0.235. The Labute approximate surface area is 127 Å². The number of nitrogens with zero attached hydrogens (tertiary/aromatic N) is 1. The molecule has 2 amide bonds. The fraction of sp³-hybridized carbons (Fsp3) is 0.857. The highest BCUT2D eigenvalue weighted by molar-refractivity contribution is 5.87. The van der Waals surface area contributed by atoms with Crippen molar-refractivity contribution in [1.29, 1.82) is 0 Å². The van der Waals surface area contributed by atoms with Gasteiger partial charge in [0.15, 0.2) is 0 Å². The van der Waals surface area contributed by atoms with Crippen LogP contribution < -0.4 is 10.6 Å². The van der Waals surface area contributed by atoms with E-state index >= 15 is 0 Å². The van der Waals surface area contributed by atoms with Gasteiger partial charge in [-0.3, -0.25) is 9.59 Å². The van der Waals surface area contributed by atoms with E-state index in [2.05, 4.69) is 10.6 Å². The zero-order chi connectivity index (χ0) is 13.7. The Bertz CT molecular complexity index is 334. The molecule has 2 aliphatic rings. The summed E-state index contributed by atoms with van der Waals surface area (Å²) in [6.07, 6.45) is 4.27. The van der Waals surface area contributed by atoms with E-state index in [-0.39, 0.29) is 30.3 Å². The number of piperidine rings is 1. The van der Waals surface area contributed by atoms with Crippen molar-refractivity contribution in [2.24, 2.45) is 5.92 Å². The highest BCUT2D eigenvalue weighted by Crippen LogP contribution is 2.18. The van der Waals surface area contributed by atoms with Gasteiger partial charge >= 0.3 is 0 Å². The lowest BCUT2D eigenvalue weighted by Gasteiger charge is -2.35. The average Bonchev–Trinajstić information content (AvgIpc) is 2.37. The summed E-state index contributed by atoms with van der Waals surface area (Å²) < 4.78 is 0. The van der Waals surface area contributed by atoms with Crippen LogP contribution in [0.2, 0.25) is 0 Å². The molecule has 6 heteroatoms. The predicted octanol–water partition coefficient (Wildman–Crippen LogP) is 0.925. The van der Waals surface area contributed by atoms with Crippen LogP contribution in [0.25, 0.3) is 0 Å². The Morgan fingerprint density at radius 3 is 2.65 bits per heavy atom. The number of hydrogen-bond donors (Lipinski definition) is 2. The van der Waals surface area contributed by atoms with Gasteiger partial charge in [-0.25, -0.2) is 0 Å². The topological polar surface area (TPSA) is 61.4 Å². The molecule has 0 spiro atoms. The number of carbonyl (C=O) groups is 2. The third kappa shape index (κ3) is 4.35. The van der Waals surface area contributed by atoms with Gasteiger partial charge in [0.25, 0.3) is 0 Å². The number of amides is 2. The summed E-state index contributed by atoms with van der Waals surface area (Å²) in [5.41, 5.74) is 0. The quantitative estimate of drug-likeness (QED) is 0.794. The first-order valence-corrected chi connectivity index (χ1v) is 7.50. The van der Waals surface area contributed by atoms with E-state index in [9.17, 15) is 9.59 Å². The van der Waals surface area contributed by atoms with Crippen molar-refractivity contribution < 1.29 is 9.59 Å². The smallest absolute Gasteiger partial charge is 0.242 e. The molecule has 0 saturated carbocycles. The molecule has 116 valence electrons. The maximum atomic E-state index is 12.2. The first-order valence-electron chi connectivity index (χ1n) is 7.50. The average molecular weight is 304 g/mol. The second kappa shape index (κ2) is 8.47. The Kier molecular flexibility index (Phi) is 7.30. The van der Waals surface area contributed by atoms with Gasteiger partial charge in [0, 0.05) is 38.5 Å². The fourth-order valence-electron chi connectivity index (χ4n) is 2.72. The molecule has 2 saturated heterocycles. The fourth-order valence-corrected chi connectivity index (χ4v) is 2.72. The predicted molar refractivity (Wildman–Crippen MR) is 80.9 cm³/mol. The number of halogens is 1. The molecule has 2 aliphatic heterocycles. The lowest BCUT2D eigenvalue weighted by atomic mass is 9.99. The van der Waals surface area contributed by atoms with Crippen molar-refractivity contribution in [3.05, 3.63) is 0 Å². The van der Waals surface area contributed by atoms with E-state index < -0.39 is 0 Å². The largest absolute Gasteiger partial charge is 0.354 e. The molecule has 20 heavy (non-hydrogen) atoms. The summed E-state index contributed by atoms with van der Waals surface area (Å²) in [5.74, 6) is 0.732. The Morgan fingerprint density at radius 1 is 1.30 bits per heavy atom. The highest BCUT2D eigenvalue weighted by atomic mass is 35.5. The van der Waals surface area contributed by atoms with E-state index in [1.54, 1.807) is 4.90 Å². The van der Waals surface area contributed by atoms with Crippen LogP contribution in [0.4, 0.5) is 0 Å².